The third-order valence-corrected chi connectivity index (χ3v) is 5.71. The van der Waals surface area contributed by atoms with Gasteiger partial charge in [-0.1, -0.05) is 5.16 Å². The van der Waals surface area contributed by atoms with Gasteiger partial charge in [-0.05, 0) is 55.8 Å². The number of hydrogen-bond acceptors (Lipinski definition) is 8. The number of amides is 1. The fourth-order valence-electron chi connectivity index (χ4n) is 4.06. The van der Waals surface area contributed by atoms with Gasteiger partial charge in [-0.3, -0.25) is 14.5 Å². The smallest absolute Gasteiger partial charge is 0.301 e. The van der Waals surface area contributed by atoms with Gasteiger partial charge in [-0.25, -0.2) is 0 Å². The lowest BCUT2D eigenvalue weighted by Crippen LogP contribution is -2.30. The zero-order valence-corrected chi connectivity index (χ0v) is 19.4. The molecule has 2 aromatic carbocycles. The van der Waals surface area contributed by atoms with Crippen LogP contribution in [0.3, 0.4) is 0 Å². The number of ether oxygens (including phenoxy) is 3. The Labute approximate surface area is 196 Å². The quantitative estimate of drug-likeness (QED) is 0.332. The van der Waals surface area contributed by atoms with Crippen molar-refractivity contribution in [1.29, 1.82) is 0 Å². The van der Waals surface area contributed by atoms with Gasteiger partial charge in [-0.2, -0.15) is 0 Å². The van der Waals surface area contributed by atoms with Crippen molar-refractivity contribution in [2.45, 2.75) is 19.9 Å². The topological polar surface area (TPSA) is 111 Å². The summed E-state index contributed by atoms with van der Waals surface area (Å²) in [6, 6.07) is 10.5. The van der Waals surface area contributed by atoms with Gasteiger partial charge >= 0.3 is 5.91 Å². The van der Waals surface area contributed by atoms with Crippen LogP contribution in [-0.4, -0.2) is 43.3 Å². The van der Waals surface area contributed by atoms with Crippen molar-refractivity contribution in [3.05, 3.63) is 70.5 Å². The van der Waals surface area contributed by atoms with Crippen LogP contribution in [0.15, 0.2) is 52.6 Å². The lowest BCUT2D eigenvalue weighted by molar-refractivity contribution is -0.132. The summed E-state index contributed by atoms with van der Waals surface area (Å²) in [5.74, 6) is 0.0606. The van der Waals surface area contributed by atoms with Crippen molar-refractivity contribution in [2.75, 3.05) is 26.2 Å². The van der Waals surface area contributed by atoms with Crippen molar-refractivity contribution in [3.63, 3.8) is 0 Å². The van der Waals surface area contributed by atoms with Crippen LogP contribution < -0.4 is 19.1 Å². The summed E-state index contributed by atoms with van der Waals surface area (Å²) in [7, 11) is 4.52. The van der Waals surface area contributed by atoms with Gasteiger partial charge in [0.25, 0.3) is 5.78 Å². The second-order valence-corrected chi connectivity index (χ2v) is 7.76. The number of anilines is 1. The minimum absolute atomic E-state index is 0.109. The molecule has 4 rings (SSSR count). The number of aliphatic hydroxyl groups excluding tert-OH is 1. The first kappa shape index (κ1) is 22.9. The molecule has 0 saturated carbocycles. The molecule has 34 heavy (non-hydrogen) atoms. The third-order valence-electron chi connectivity index (χ3n) is 5.71. The maximum Gasteiger partial charge on any atom is 0.301 e. The van der Waals surface area contributed by atoms with E-state index in [-0.39, 0.29) is 17.2 Å². The second kappa shape index (κ2) is 8.93. The molecule has 2 heterocycles. The fraction of sp³-hybridized carbons (Fsp3) is 0.240. The molecule has 176 valence electrons. The number of rotatable bonds is 6. The molecule has 1 aliphatic heterocycles. The molecule has 1 saturated heterocycles. The first-order valence-corrected chi connectivity index (χ1v) is 10.4. The third kappa shape index (κ3) is 3.75. The molecule has 3 aromatic rings. The van der Waals surface area contributed by atoms with Crippen LogP contribution in [0.4, 0.5) is 5.82 Å². The van der Waals surface area contributed by atoms with E-state index in [0.29, 0.717) is 34.1 Å². The standard InChI is InChI=1S/C25H24N2O7/c1-13-10-15(6-8-18(13)32-4)23(28)21-22(17-12-16(31-3)7-9-19(17)33-5)27(25(30)24(21)29)20-11-14(2)34-26-20/h6-12,22,28H,1-5H3. The van der Waals surface area contributed by atoms with Crippen LogP contribution in [0.25, 0.3) is 5.76 Å². The van der Waals surface area contributed by atoms with Gasteiger partial charge < -0.3 is 23.8 Å². The van der Waals surface area contributed by atoms with Gasteiger partial charge in [0.15, 0.2) is 5.82 Å². The highest BCUT2D eigenvalue weighted by atomic mass is 16.5. The number of nitrogens with zero attached hydrogens (tertiary/aromatic N) is 2. The summed E-state index contributed by atoms with van der Waals surface area (Å²) in [5.41, 5.74) is 1.44. The predicted octanol–water partition coefficient (Wildman–Crippen LogP) is 3.94. The number of carbonyl (C=O) groups excluding carboxylic acids is 2. The van der Waals surface area contributed by atoms with Gasteiger partial charge in [0.1, 0.15) is 34.8 Å². The maximum absolute atomic E-state index is 13.3. The number of Topliss-reactive ketones (excluding diaryl/α,β-unsaturated/α-hetero) is 1. The van der Waals surface area contributed by atoms with E-state index < -0.39 is 17.7 Å². The number of benzene rings is 2. The predicted molar refractivity (Wildman–Crippen MR) is 123 cm³/mol. The summed E-state index contributed by atoms with van der Waals surface area (Å²) in [6.07, 6.45) is 0. The molecule has 9 heteroatoms. The molecule has 9 nitrogen and oxygen atoms in total. The summed E-state index contributed by atoms with van der Waals surface area (Å²) in [4.78, 5) is 27.7. The van der Waals surface area contributed by atoms with Crippen LogP contribution in [0.2, 0.25) is 0 Å². The molecule has 1 unspecified atom stereocenters. The highest BCUT2D eigenvalue weighted by molar-refractivity contribution is 6.51. The van der Waals surface area contributed by atoms with E-state index in [2.05, 4.69) is 5.16 Å². The van der Waals surface area contributed by atoms with Crippen LogP contribution in [0.5, 0.6) is 17.2 Å². The summed E-state index contributed by atoms with van der Waals surface area (Å²) < 4.78 is 21.3. The molecule has 1 atom stereocenters. The Morgan fingerprint density at radius 2 is 1.68 bits per heavy atom. The number of aromatic nitrogens is 1. The van der Waals surface area contributed by atoms with Gasteiger partial charge in [0.05, 0.1) is 26.9 Å². The number of aliphatic hydroxyl groups is 1. The van der Waals surface area contributed by atoms with Crippen molar-refractivity contribution >= 4 is 23.3 Å². The number of hydrogen-bond donors (Lipinski definition) is 1. The molecule has 1 amide bonds. The SMILES string of the molecule is COc1ccc(OC)c(C2C(=C(O)c3ccc(OC)c(C)c3)C(=O)C(=O)N2c2cc(C)on2)c1. The van der Waals surface area contributed by atoms with E-state index in [9.17, 15) is 14.7 Å². The average molecular weight is 464 g/mol. The van der Waals surface area contributed by atoms with Crippen molar-refractivity contribution in [2.24, 2.45) is 0 Å². The molecular formula is C25H24N2O7. The van der Waals surface area contributed by atoms with Crippen LogP contribution in [-0.2, 0) is 9.59 Å². The van der Waals surface area contributed by atoms with E-state index in [1.54, 1.807) is 56.5 Å². The van der Waals surface area contributed by atoms with Crippen LogP contribution in [0, 0.1) is 13.8 Å². The van der Waals surface area contributed by atoms with Gasteiger partial charge in [0.2, 0.25) is 0 Å². The number of ketones is 1. The van der Waals surface area contributed by atoms with E-state index >= 15 is 0 Å². The molecule has 1 aromatic heterocycles. The summed E-state index contributed by atoms with van der Waals surface area (Å²) >= 11 is 0. The van der Waals surface area contributed by atoms with Crippen LogP contribution >= 0.6 is 0 Å². The first-order chi connectivity index (χ1) is 16.3. The number of carbonyl (C=O) groups is 2. The normalized spacial score (nSPS) is 17.2. The van der Waals surface area contributed by atoms with Gasteiger partial charge in [-0.15, -0.1) is 0 Å². The van der Waals surface area contributed by atoms with E-state index in [1.807, 2.05) is 6.92 Å². The lowest BCUT2D eigenvalue weighted by atomic mass is 9.94. The highest BCUT2D eigenvalue weighted by Gasteiger charge is 2.49. The minimum atomic E-state index is -1.04. The molecular weight excluding hydrogens is 440 g/mol. The van der Waals surface area contributed by atoms with Crippen LogP contribution in [0.1, 0.15) is 28.5 Å². The molecule has 1 fully saturated rings. The van der Waals surface area contributed by atoms with E-state index in [1.165, 1.54) is 19.1 Å². The zero-order chi connectivity index (χ0) is 24.6. The Bertz CT molecular complexity index is 1310. The lowest BCUT2D eigenvalue weighted by Gasteiger charge is -2.25. The van der Waals surface area contributed by atoms with E-state index in [0.717, 1.165) is 5.56 Å². The molecule has 1 aliphatic rings. The highest BCUT2D eigenvalue weighted by Crippen LogP contribution is 2.45. The second-order valence-electron chi connectivity index (χ2n) is 7.76. The van der Waals surface area contributed by atoms with Crippen molar-refractivity contribution in [1.82, 2.24) is 5.16 Å². The van der Waals surface area contributed by atoms with Crippen molar-refractivity contribution < 1.29 is 33.4 Å². The molecule has 1 N–H and O–H groups in total. The summed E-state index contributed by atoms with van der Waals surface area (Å²) in [6.45, 7) is 3.49. The average Bonchev–Trinajstić information content (AvgIpc) is 3.38. The molecule has 0 aliphatic carbocycles. The summed E-state index contributed by atoms with van der Waals surface area (Å²) in [5, 5.41) is 15.3. The zero-order valence-electron chi connectivity index (χ0n) is 19.4. The fourth-order valence-corrected chi connectivity index (χ4v) is 4.06. The first-order valence-electron chi connectivity index (χ1n) is 10.4. The Morgan fingerprint density at radius 3 is 2.26 bits per heavy atom. The largest absolute Gasteiger partial charge is 0.507 e. The monoisotopic (exact) mass is 464 g/mol. The minimum Gasteiger partial charge on any atom is -0.507 e. The van der Waals surface area contributed by atoms with E-state index in [4.69, 9.17) is 18.7 Å². The number of methoxy groups -OCH3 is 3. The molecule has 0 bridgehead atoms. The van der Waals surface area contributed by atoms with Gasteiger partial charge in [0, 0.05) is 17.2 Å². The number of aryl methyl sites for hydroxylation is 2. The molecule has 0 spiro atoms. The Kier molecular flexibility index (Phi) is 6.02. The molecule has 0 radical (unpaired) electrons. The Hall–Kier alpha value is -4.27. The Morgan fingerprint density at radius 1 is 0.971 bits per heavy atom. The van der Waals surface area contributed by atoms with Crippen molar-refractivity contribution in [3.8, 4) is 17.2 Å². The Balaban J connectivity index is 2.00. The maximum atomic E-state index is 13.3.